The van der Waals surface area contributed by atoms with E-state index in [1.54, 1.807) is 12.1 Å². The van der Waals surface area contributed by atoms with E-state index in [1.807, 2.05) is 36.4 Å². The first-order valence-corrected chi connectivity index (χ1v) is 6.02. The number of aromatic nitrogens is 1. The highest BCUT2D eigenvalue weighted by molar-refractivity contribution is 5.94. The Balaban J connectivity index is 2.36. The molecule has 0 atom stereocenters. The summed E-state index contributed by atoms with van der Waals surface area (Å²) in [6.45, 7) is 0. The quantitative estimate of drug-likeness (QED) is 0.310. The van der Waals surface area contributed by atoms with Crippen LogP contribution in [-0.2, 0) is 0 Å². The minimum absolute atomic E-state index is 0.212. The molecule has 20 heavy (non-hydrogen) atoms. The van der Waals surface area contributed by atoms with Gasteiger partial charge in [0.15, 0.2) is 0 Å². The van der Waals surface area contributed by atoms with Gasteiger partial charge in [0.05, 0.1) is 10.3 Å². The fourth-order valence-electron chi connectivity index (χ4n) is 2.24. The summed E-state index contributed by atoms with van der Waals surface area (Å²) in [6.07, 6.45) is 0.983. The Labute approximate surface area is 114 Å². The van der Waals surface area contributed by atoms with Gasteiger partial charge >= 0.3 is 5.69 Å². The first-order valence-electron chi connectivity index (χ1n) is 6.02. The summed E-state index contributed by atoms with van der Waals surface area (Å²) in [4.78, 5) is 10.3. The van der Waals surface area contributed by atoms with Gasteiger partial charge in [-0.2, -0.15) is 4.73 Å². The molecule has 5 heteroatoms. The molecule has 98 valence electrons. The zero-order valence-electron chi connectivity index (χ0n) is 10.4. The highest BCUT2D eigenvalue weighted by Gasteiger charge is 2.17. The van der Waals surface area contributed by atoms with E-state index >= 15 is 0 Å². The molecule has 1 aromatic heterocycles. The van der Waals surface area contributed by atoms with Crippen molar-refractivity contribution < 1.29 is 9.65 Å². The molecule has 3 aromatic rings. The Morgan fingerprint density at radius 2 is 1.75 bits per heavy atom. The van der Waals surface area contributed by atoms with Gasteiger partial charge in [0.1, 0.15) is 0 Å². The fourth-order valence-corrected chi connectivity index (χ4v) is 2.24. The molecule has 0 spiro atoms. The first kappa shape index (κ1) is 12.1. The molecular formula is C15H10N2O3. The summed E-state index contributed by atoms with van der Waals surface area (Å²) >= 11 is 0. The molecule has 1 heterocycles. The van der Waals surface area contributed by atoms with Crippen LogP contribution >= 0.6 is 0 Å². The zero-order chi connectivity index (χ0) is 14.1. The lowest BCUT2D eigenvalue weighted by Crippen LogP contribution is -2.26. The number of rotatable bonds is 2. The SMILES string of the molecule is O=[N+]([O-])c1cc2c(-c3ccccc3)cccc2[n+]([O-])c1. The second-order valence-electron chi connectivity index (χ2n) is 4.39. The highest BCUT2D eigenvalue weighted by Crippen LogP contribution is 2.29. The molecule has 0 N–H and O–H groups in total. The predicted octanol–water partition coefficient (Wildman–Crippen LogP) is 3.05. The monoisotopic (exact) mass is 266 g/mol. The van der Waals surface area contributed by atoms with Crippen molar-refractivity contribution >= 4 is 16.6 Å². The molecule has 0 fully saturated rings. The van der Waals surface area contributed by atoms with Gasteiger partial charge in [0.25, 0.3) is 6.20 Å². The van der Waals surface area contributed by atoms with Gasteiger partial charge in [-0.3, -0.25) is 10.1 Å². The van der Waals surface area contributed by atoms with Crippen molar-refractivity contribution in [1.82, 2.24) is 0 Å². The van der Waals surface area contributed by atoms with Crippen molar-refractivity contribution in [3.63, 3.8) is 0 Å². The maximum Gasteiger partial charge on any atom is 0.334 e. The van der Waals surface area contributed by atoms with Crippen LogP contribution in [0.2, 0.25) is 0 Å². The third kappa shape index (κ3) is 1.95. The van der Waals surface area contributed by atoms with Crippen LogP contribution in [0.15, 0.2) is 60.8 Å². The number of hydrogen-bond donors (Lipinski definition) is 0. The Kier molecular flexibility index (Phi) is 2.80. The van der Waals surface area contributed by atoms with Crippen LogP contribution in [0.3, 0.4) is 0 Å². The molecule has 0 unspecified atom stereocenters. The second-order valence-corrected chi connectivity index (χ2v) is 4.39. The Bertz CT molecular complexity index is 801. The number of hydrogen-bond acceptors (Lipinski definition) is 3. The van der Waals surface area contributed by atoms with Gasteiger partial charge in [-0.15, -0.1) is 0 Å². The smallest absolute Gasteiger partial charge is 0.334 e. The lowest BCUT2D eigenvalue weighted by atomic mass is 10.0. The van der Waals surface area contributed by atoms with Gasteiger partial charge < -0.3 is 5.21 Å². The van der Waals surface area contributed by atoms with Gasteiger partial charge in [-0.25, -0.2) is 0 Å². The van der Waals surface area contributed by atoms with E-state index in [0.717, 1.165) is 17.3 Å². The molecular weight excluding hydrogens is 256 g/mol. The van der Waals surface area contributed by atoms with Crippen LogP contribution in [0.1, 0.15) is 0 Å². The summed E-state index contributed by atoms with van der Waals surface area (Å²) in [5, 5.41) is 23.4. The van der Waals surface area contributed by atoms with Crippen LogP contribution in [0.25, 0.3) is 22.0 Å². The van der Waals surface area contributed by atoms with Crippen molar-refractivity contribution in [2.24, 2.45) is 0 Å². The number of benzene rings is 2. The summed E-state index contributed by atoms with van der Waals surface area (Å²) in [5.74, 6) is 0. The number of fused-ring (bicyclic) bond motifs is 1. The molecule has 3 rings (SSSR count). The van der Waals surface area contributed by atoms with Gasteiger partial charge in [0, 0.05) is 12.1 Å². The van der Waals surface area contributed by atoms with Crippen molar-refractivity contribution in [3.8, 4) is 11.1 Å². The summed E-state index contributed by atoms with van der Waals surface area (Å²) in [7, 11) is 0. The van der Waals surface area contributed by atoms with E-state index in [1.165, 1.54) is 6.07 Å². The summed E-state index contributed by atoms with van der Waals surface area (Å²) in [5.41, 5.74) is 1.92. The van der Waals surface area contributed by atoms with Crippen LogP contribution in [0.4, 0.5) is 5.69 Å². The molecule has 0 bridgehead atoms. The number of nitrogens with zero attached hydrogens (tertiary/aromatic N) is 2. The number of pyridine rings is 1. The fraction of sp³-hybridized carbons (Fsp3) is 0. The molecule has 0 radical (unpaired) electrons. The van der Waals surface area contributed by atoms with Crippen molar-refractivity contribution in [2.45, 2.75) is 0 Å². The molecule has 2 aromatic carbocycles. The van der Waals surface area contributed by atoms with E-state index < -0.39 is 4.92 Å². The summed E-state index contributed by atoms with van der Waals surface area (Å²) in [6, 6.07) is 16.2. The van der Waals surface area contributed by atoms with E-state index in [-0.39, 0.29) is 5.69 Å². The molecule has 5 nitrogen and oxygen atoms in total. The maximum absolute atomic E-state index is 11.9. The van der Waals surface area contributed by atoms with Crippen molar-refractivity contribution in [2.75, 3.05) is 0 Å². The first-order chi connectivity index (χ1) is 9.66. The predicted molar refractivity (Wildman–Crippen MR) is 75.0 cm³/mol. The zero-order valence-corrected chi connectivity index (χ0v) is 10.4. The van der Waals surface area contributed by atoms with Crippen LogP contribution in [0.5, 0.6) is 0 Å². The standard InChI is InChI=1S/C15H10N2O3/c18-16-10-12(17(19)20)9-14-13(7-4-8-15(14)16)11-5-2-1-3-6-11/h1-10H. The van der Waals surface area contributed by atoms with Crippen molar-refractivity contribution in [1.29, 1.82) is 0 Å². The average molecular weight is 266 g/mol. The molecule has 0 saturated carbocycles. The third-order valence-corrected chi connectivity index (χ3v) is 3.16. The topological polar surface area (TPSA) is 70.1 Å². The normalized spacial score (nSPS) is 10.6. The highest BCUT2D eigenvalue weighted by atomic mass is 16.6. The molecule has 0 amide bonds. The maximum atomic E-state index is 11.9. The van der Waals surface area contributed by atoms with E-state index in [0.29, 0.717) is 15.6 Å². The van der Waals surface area contributed by atoms with Gasteiger partial charge in [-0.05, 0) is 11.1 Å². The van der Waals surface area contributed by atoms with E-state index in [9.17, 15) is 15.3 Å². The molecule has 0 aliphatic heterocycles. The Hall–Kier alpha value is -2.95. The lowest BCUT2D eigenvalue weighted by Gasteiger charge is -2.07. The van der Waals surface area contributed by atoms with Gasteiger partial charge in [-0.1, -0.05) is 42.5 Å². The van der Waals surface area contributed by atoms with Gasteiger partial charge in [0.2, 0.25) is 5.52 Å². The summed E-state index contributed by atoms with van der Waals surface area (Å²) < 4.78 is 0.542. The molecule has 0 aliphatic rings. The minimum atomic E-state index is -0.560. The van der Waals surface area contributed by atoms with E-state index in [2.05, 4.69) is 0 Å². The molecule has 0 aliphatic carbocycles. The number of nitro groups is 1. The lowest BCUT2D eigenvalue weighted by molar-refractivity contribution is -0.582. The van der Waals surface area contributed by atoms with Crippen LogP contribution in [0, 0.1) is 15.3 Å². The Morgan fingerprint density at radius 1 is 1.00 bits per heavy atom. The van der Waals surface area contributed by atoms with E-state index in [4.69, 9.17) is 0 Å². The second kappa shape index (κ2) is 4.62. The Morgan fingerprint density at radius 3 is 2.45 bits per heavy atom. The minimum Gasteiger partial charge on any atom is -0.618 e. The average Bonchev–Trinajstić information content (AvgIpc) is 2.47. The van der Waals surface area contributed by atoms with Crippen LogP contribution < -0.4 is 4.73 Å². The molecule has 0 saturated heterocycles. The largest absolute Gasteiger partial charge is 0.618 e. The third-order valence-electron chi connectivity index (χ3n) is 3.16. The van der Waals surface area contributed by atoms with Crippen molar-refractivity contribution in [3.05, 3.63) is 76.1 Å². The van der Waals surface area contributed by atoms with Crippen LogP contribution in [-0.4, -0.2) is 4.92 Å².